The molecule has 0 fully saturated rings. The van der Waals surface area contributed by atoms with Gasteiger partial charge in [-0.2, -0.15) is 5.10 Å². The van der Waals surface area contributed by atoms with E-state index in [0.717, 1.165) is 22.9 Å². The molecule has 4 aromatic rings. The number of benzene rings is 2. The maximum atomic E-state index is 12.0. The Bertz CT molecular complexity index is 1180. The molecule has 0 radical (unpaired) electrons. The van der Waals surface area contributed by atoms with E-state index >= 15 is 0 Å². The third-order valence-corrected chi connectivity index (χ3v) is 4.65. The average molecular weight is 379 g/mol. The van der Waals surface area contributed by atoms with Crippen LogP contribution in [0.4, 0.5) is 5.95 Å². The first-order valence-corrected chi connectivity index (χ1v) is 9.12. The van der Waals surface area contributed by atoms with E-state index in [0.29, 0.717) is 22.5 Å². The topological polar surface area (TPSA) is 116 Å². The molecule has 2 unspecified atom stereocenters. The van der Waals surface area contributed by atoms with Crippen molar-refractivity contribution in [3.8, 4) is 11.3 Å². The summed E-state index contributed by atoms with van der Waals surface area (Å²) >= 11 is 0. The first kappa shape index (κ1) is 18.1. The lowest BCUT2D eigenvalue weighted by atomic mass is 10.0. The van der Waals surface area contributed by atoms with Gasteiger partial charge in [0, 0.05) is 10.9 Å². The molecule has 0 aliphatic rings. The first-order valence-electron chi connectivity index (χ1n) is 9.12. The Balaban J connectivity index is 1.68. The van der Waals surface area contributed by atoms with Crippen LogP contribution in [0.2, 0.25) is 0 Å². The van der Waals surface area contributed by atoms with Crippen LogP contribution in [-0.2, 0) is 4.74 Å². The van der Waals surface area contributed by atoms with Gasteiger partial charge in [0.25, 0.3) is 5.56 Å². The Morgan fingerprint density at radius 2 is 2.00 bits per heavy atom. The number of nitrogens with zero attached hydrogens (tertiary/aromatic N) is 2. The Hall–Kier alpha value is -3.23. The number of rotatable bonds is 6. The summed E-state index contributed by atoms with van der Waals surface area (Å²) in [5.41, 5.74) is 2.79. The molecule has 2 aromatic carbocycles. The van der Waals surface area contributed by atoms with Crippen LogP contribution >= 0.6 is 0 Å². The van der Waals surface area contributed by atoms with Crippen LogP contribution in [0.5, 0.6) is 0 Å². The van der Waals surface area contributed by atoms with Crippen molar-refractivity contribution >= 4 is 27.8 Å². The maximum Gasteiger partial charge on any atom is 0.272 e. The molecule has 144 valence electrons. The fourth-order valence-electron chi connectivity index (χ4n) is 3.02. The van der Waals surface area contributed by atoms with Crippen molar-refractivity contribution in [2.75, 3.05) is 5.32 Å². The summed E-state index contributed by atoms with van der Waals surface area (Å²) in [7, 11) is 0. The van der Waals surface area contributed by atoms with Crippen molar-refractivity contribution in [2.45, 2.75) is 32.8 Å². The molecule has 0 saturated carbocycles. The van der Waals surface area contributed by atoms with Gasteiger partial charge in [0.2, 0.25) is 12.4 Å². The van der Waals surface area contributed by atoms with Gasteiger partial charge >= 0.3 is 0 Å². The van der Waals surface area contributed by atoms with Crippen molar-refractivity contribution in [3.63, 3.8) is 0 Å². The molecule has 0 aliphatic heterocycles. The Morgan fingerprint density at radius 1 is 1.21 bits per heavy atom. The second kappa shape index (κ2) is 7.41. The van der Waals surface area contributed by atoms with Gasteiger partial charge in [0.15, 0.2) is 0 Å². The van der Waals surface area contributed by atoms with Crippen LogP contribution < -0.4 is 10.9 Å². The van der Waals surface area contributed by atoms with Crippen molar-refractivity contribution in [1.29, 1.82) is 0 Å². The van der Waals surface area contributed by atoms with Gasteiger partial charge in [-0.15, -0.1) is 0 Å². The average Bonchev–Trinajstić information content (AvgIpc) is 3.09. The summed E-state index contributed by atoms with van der Waals surface area (Å²) in [6.07, 6.45) is -0.430. The highest BCUT2D eigenvalue weighted by Crippen LogP contribution is 2.27. The molecule has 0 spiro atoms. The summed E-state index contributed by atoms with van der Waals surface area (Å²) in [4.78, 5) is 19.6. The maximum absolute atomic E-state index is 12.0. The second-order valence-electron chi connectivity index (χ2n) is 6.62. The predicted molar refractivity (Wildman–Crippen MR) is 108 cm³/mol. The lowest BCUT2D eigenvalue weighted by Gasteiger charge is -2.17. The van der Waals surface area contributed by atoms with Crippen molar-refractivity contribution < 1.29 is 9.84 Å². The van der Waals surface area contributed by atoms with Crippen molar-refractivity contribution in [1.82, 2.24) is 20.2 Å². The molecule has 4 rings (SSSR count). The normalized spacial score (nSPS) is 13.7. The van der Waals surface area contributed by atoms with Crippen molar-refractivity contribution in [2.24, 2.45) is 0 Å². The number of H-pyrrole nitrogens is 2. The first-order chi connectivity index (χ1) is 13.5. The smallest absolute Gasteiger partial charge is 0.272 e. The molecule has 0 aliphatic carbocycles. The largest absolute Gasteiger partial charge is 0.351 e. The van der Waals surface area contributed by atoms with E-state index < -0.39 is 6.41 Å². The zero-order valence-electron chi connectivity index (χ0n) is 15.6. The quantitative estimate of drug-likeness (QED) is 0.383. The minimum atomic E-state index is -1.15. The highest BCUT2D eigenvalue weighted by Gasteiger charge is 2.13. The lowest BCUT2D eigenvalue weighted by Crippen LogP contribution is -2.27. The van der Waals surface area contributed by atoms with Gasteiger partial charge < -0.3 is 20.1 Å². The van der Waals surface area contributed by atoms with Crippen LogP contribution in [0.15, 0.2) is 47.3 Å². The molecule has 28 heavy (non-hydrogen) atoms. The molecule has 8 nitrogen and oxygen atoms in total. The number of imidazole rings is 1. The number of aromatic nitrogens is 4. The Kier molecular flexibility index (Phi) is 4.81. The number of ether oxygens (including phenoxy) is 1. The summed E-state index contributed by atoms with van der Waals surface area (Å²) in [5.74, 6) is 0.405. The zero-order valence-corrected chi connectivity index (χ0v) is 15.6. The molecular formula is C20H21N5O3. The van der Waals surface area contributed by atoms with Gasteiger partial charge in [-0.1, -0.05) is 31.2 Å². The monoisotopic (exact) mass is 379 g/mol. The summed E-state index contributed by atoms with van der Waals surface area (Å²) in [6, 6.07) is 13.0. The van der Waals surface area contributed by atoms with Crippen LogP contribution in [0.25, 0.3) is 33.1 Å². The zero-order chi connectivity index (χ0) is 19.7. The van der Waals surface area contributed by atoms with E-state index in [2.05, 4.69) is 25.5 Å². The van der Waals surface area contributed by atoms with Crippen molar-refractivity contribution in [3.05, 3.63) is 52.8 Å². The van der Waals surface area contributed by atoms with E-state index in [9.17, 15) is 9.90 Å². The minimum absolute atomic E-state index is 0.0712. The van der Waals surface area contributed by atoms with E-state index in [1.54, 1.807) is 6.07 Å². The number of anilines is 1. The second-order valence-corrected chi connectivity index (χ2v) is 6.62. The molecule has 2 aromatic heterocycles. The minimum Gasteiger partial charge on any atom is -0.351 e. The SMILES string of the molecule is CCC(C)OC(O)Nc1nc2cc(-c3n[nH]c(=O)c4ccccc34)ccc2[nH]1. The van der Waals surface area contributed by atoms with Crippen LogP contribution in [-0.4, -0.2) is 37.8 Å². The number of aliphatic hydroxyl groups is 1. The number of fused-ring (bicyclic) bond motifs is 2. The van der Waals surface area contributed by atoms with Gasteiger partial charge in [-0.05, 0) is 31.5 Å². The third-order valence-electron chi connectivity index (χ3n) is 4.65. The fraction of sp³-hybridized carbons (Fsp3) is 0.250. The van der Waals surface area contributed by atoms with E-state index in [1.807, 2.05) is 50.2 Å². The van der Waals surface area contributed by atoms with Gasteiger partial charge in [0.1, 0.15) is 0 Å². The summed E-state index contributed by atoms with van der Waals surface area (Å²) in [6.45, 7) is 3.87. The molecular weight excluding hydrogens is 358 g/mol. The number of nitrogens with one attached hydrogen (secondary N) is 3. The Labute approximate surface area is 160 Å². The van der Waals surface area contributed by atoms with E-state index in [-0.39, 0.29) is 11.7 Å². The Morgan fingerprint density at radius 3 is 2.79 bits per heavy atom. The van der Waals surface area contributed by atoms with E-state index in [1.165, 1.54) is 0 Å². The predicted octanol–water partition coefficient (Wildman–Crippen LogP) is 2.97. The van der Waals surface area contributed by atoms with Crippen LogP contribution in [0.1, 0.15) is 20.3 Å². The number of aromatic amines is 2. The van der Waals surface area contributed by atoms with Gasteiger partial charge in [-0.3, -0.25) is 4.79 Å². The third kappa shape index (κ3) is 3.47. The van der Waals surface area contributed by atoms with E-state index in [4.69, 9.17) is 4.74 Å². The molecule has 2 heterocycles. The number of hydrogen-bond acceptors (Lipinski definition) is 6. The molecule has 0 amide bonds. The highest BCUT2D eigenvalue weighted by atomic mass is 16.6. The van der Waals surface area contributed by atoms with Gasteiger partial charge in [0.05, 0.1) is 28.2 Å². The molecule has 2 atom stereocenters. The number of hydrogen-bond donors (Lipinski definition) is 4. The van der Waals surface area contributed by atoms with Gasteiger partial charge in [-0.25, -0.2) is 10.1 Å². The lowest BCUT2D eigenvalue weighted by molar-refractivity contribution is -0.112. The molecule has 0 saturated heterocycles. The summed E-state index contributed by atoms with van der Waals surface area (Å²) in [5, 5.41) is 20.9. The highest BCUT2D eigenvalue weighted by molar-refractivity contribution is 5.95. The molecule has 8 heteroatoms. The standard InChI is InChI=1S/C20H21N5O3/c1-3-11(2)28-20(27)23-19-21-15-9-8-12(10-16(15)22-19)17-13-6-4-5-7-14(13)18(26)25-24-17/h4-11,20,27H,3H2,1-2H3,(H,25,26)(H2,21,22,23). The number of aliphatic hydroxyl groups excluding tert-OH is 1. The molecule has 0 bridgehead atoms. The fourth-order valence-corrected chi connectivity index (χ4v) is 3.02. The summed E-state index contributed by atoms with van der Waals surface area (Å²) < 4.78 is 5.39. The van der Waals surface area contributed by atoms with Crippen LogP contribution in [0.3, 0.4) is 0 Å². The molecule has 4 N–H and O–H groups in total. The van der Waals surface area contributed by atoms with Crippen LogP contribution in [0, 0.1) is 0 Å².